The summed E-state index contributed by atoms with van der Waals surface area (Å²) >= 11 is 0. The number of hydrogen-bond acceptors (Lipinski definition) is 3. The normalized spacial score (nSPS) is 20.1. The molecule has 100 valence electrons. The Labute approximate surface area is 113 Å². The van der Waals surface area contributed by atoms with Gasteiger partial charge >= 0.3 is 5.97 Å². The monoisotopic (exact) mass is 258 g/mol. The Hall–Kier alpha value is -1.90. The first kappa shape index (κ1) is 13.5. The lowest BCUT2D eigenvalue weighted by atomic mass is 9.96. The molecule has 0 aliphatic heterocycles. The maximum absolute atomic E-state index is 12.0. The Morgan fingerprint density at radius 1 is 1.26 bits per heavy atom. The molecule has 0 saturated heterocycles. The van der Waals surface area contributed by atoms with Crippen molar-refractivity contribution in [2.75, 3.05) is 7.11 Å². The van der Waals surface area contributed by atoms with E-state index >= 15 is 0 Å². The van der Waals surface area contributed by atoms with Crippen LogP contribution in [0.1, 0.15) is 31.7 Å². The van der Waals surface area contributed by atoms with Crippen LogP contribution in [0.25, 0.3) is 5.57 Å². The molecule has 1 unspecified atom stereocenters. The zero-order chi connectivity index (χ0) is 13.8. The second-order valence-electron chi connectivity index (χ2n) is 4.90. The summed E-state index contributed by atoms with van der Waals surface area (Å²) in [6.45, 7) is 1.92. The number of methoxy groups -OCH3 is 1. The fourth-order valence-corrected chi connectivity index (χ4v) is 2.40. The molecule has 3 heteroatoms. The molecular weight excluding hydrogens is 240 g/mol. The van der Waals surface area contributed by atoms with E-state index in [1.165, 1.54) is 7.11 Å². The van der Waals surface area contributed by atoms with E-state index in [-0.39, 0.29) is 24.1 Å². The van der Waals surface area contributed by atoms with Gasteiger partial charge in [0.2, 0.25) is 0 Å². The van der Waals surface area contributed by atoms with Crippen molar-refractivity contribution < 1.29 is 14.3 Å². The van der Waals surface area contributed by atoms with Crippen LogP contribution in [-0.4, -0.2) is 18.9 Å². The fourth-order valence-electron chi connectivity index (χ4n) is 2.40. The number of carbonyl (C=O) groups is 2. The van der Waals surface area contributed by atoms with Gasteiger partial charge in [-0.05, 0) is 24.0 Å². The van der Waals surface area contributed by atoms with Crippen LogP contribution in [0, 0.1) is 5.92 Å². The molecule has 0 N–H and O–H groups in total. The number of esters is 1. The van der Waals surface area contributed by atoms with E-state index < -0.39 is 0 Å². The lowest BCUT2D eigenvalue weighted by Gasteiger charge is -2.10. The third-order valence-electron chi connectivity index (χ3n) is 3.65. The van der Waals surface area contributed by atoms with Gasteiger partial charge in [0.25, 0.3) is 0 Å². The van der Waals surface area contributed by atoms with Gasteiger partial charge in [-0.1, -0.05) is 37.3 Å². The van der Waals surface area contributed by atoms with Gasteiger partial charge in [0, 0.05) is 17.9 Å². The molecule has 1 aliphatic rings. The van der Waals surface area contributed by atoms with Crippen LogP contribution in [0.15, 0.2) is 35.9 Å². The van der Waals surface area contributed by atoms with Gasteiger partial charge in [0.05, 0.1) is 7.11 Å². The number of carbonyl (C=O) groups excluding carboxylic acids is 2. The highest BCUT2D eigenvalue weighted by Crippen LogP contribution is 2.32. The van der Waals surface area contributed by atoms with Crippen LogP contribution >= 0.6 is 0 Å². The highest BCUT2D eigenvalue weighted by Gasteiger charge is 2.27. The molecule has 0 spiro atoms. The second-order valence-corrected chi connectivity index (χ2v) is 4.90. The molecule has 1 atom stereocenters. The van der Waals surface area contributed by atoms with Gasteiger partial charge in [-0.25, -0.2) is 4.79 Å². The number of rotatable bonds is 2. The molecule has 3 nitrogen and oxygen atoms in total. The maximum Gasteiger partial charge on any atom is 0.334 e. The molecule has 0 amide bonds. The number of ketones is 1. The van der Waals surface area contributed by atoms with Crippen molar-refractivity contribution in [3.05, 3.63) is 41.5 Å². The molecule has 1 aliphatic carbocycles. The van der Waals surface area contributed by atoms with E-state index in [4.69, 9.17) is 4.74 Å². The molecule has 0 fully saturated rings. The summed E-state index contributed by atoms with van der Waals surface area (Å²) < 4.78 is 4.83. The topological polar surface area (TPSA) is 43.4 Å². The minimum Gasteiger partial charge on any atom is -0.466 e. The van der Waals surface area contributed by atoms with Crippen molar-refractivity contribution in [1.82, 2.24) is 0 Å². The molecule has 0 bridgehead atoms. The Bertz CT molecular complexity index is 514. The van der Waals surface area contributed by atoms with Crippen molar-refractivity contribution in [1.29, 1.82) is 0 Å². The van der Waals surface area contributed by atoms with Gasteiger partial charge < -0.3 is 4.74 Å². The number of hydrogen-bond donors (Lipinski definition) is 0. The first-order chi connectivity index (χ1) is 9.13. The zero-order valence-corrected chi connectivity index (χ0v) is 11.3. The molecule has 1 aromatic rings. The summed E-state index contributed by atoms with van der Waals surface area (Å²) in [5, 5.41) is 0. The summed E-state index contributed by atoms with van der Waals surface area (Å²) in [6.07, 6.45) is 1.70. The molecule has 19 heavy (non-hydrogen) atoms. The van der Waals surface area contributed by atoms with Crippen molar-refractivity contribution >= 4 is 17.3 Å². The van der Waals surface area contributed by atoms with Crippen LogP contribution in [0.2, 0.25) is 0 Å². The lowest BCUT2D eigenvalue weighted by molar-refractivity contribution is -0.137. The van der Waals surface area contributed by atoms with Gasteiger partial charge in [-0.15, -0.1) is 0 Å². The van der Waals surface area contributed by atoms with Crippen LogP contribution in [0.3, 0.4) is 0 Å². The average molecular weight is 258 g/mol. The summed E-state index contributed by atoms with van der Waals surface area (Å²) in [5.74, 6) is -0.270. The predicted molar refractivity (Wildman–Crippen MR) is 73.4 cm³/mol. The lowest BCUT2D eigenvalue weighted by Crippen LogP contribution is -2.13. The average Bonchev–Trinajstić information content (AvgIpc) is 2.59. The van der Waals surface area contributed by atoms with Crippen LogP contribution < -0.4 is 0 Å². The van der Waals surface area contributed by atoms with Crippen molar-refractivity contribution in [2.45, 2.75) is 26.2 Å². The highest BCUT2D eigenvalue weighted by atomic mass is 16.5. The third kappa shape index (κ3) is 2.92. The van der Waals surface area contributed by atoms with Gasteiger partial charge in [0.1, 0.15) is 5.78 Å². The molecule has 2 rings (SSSR count). The van der Waals surface area contributed by atoms with E-state index in [0.717, 1.165) is 24.0 Å². The van der Waals surface area contributed by atoms with Crippen molar-refractivity contribution in [2.24, 2.45) is 5.92 Å². The highest BCUT2D eigenvalue weighted by molar-refractivity contribution is 6.03. The smallest absolute Gasteiger partial charge is 0.334 e. The van der Waals surface area contributed by atoms with Crippen LogP contribution in [0.4, 0.5) is 0 Å². The summed E-state index contributed by atoms with van der Waals surface area (Å²) in [7, 11) is 1.36. The van der Waals surface area contributed by atoms with Gasteiger partial charge in [0.15, 0.2) is 0 Å². The standard InChI is InChI=1S/C16H18O3/c1-11-8-9-13(12-6-4-3-5-7-12)14(10-15(11)17)16(18)19-2/h3-7,11H,8-10H2,1-2H3. The summed E-state index contributed by atoms with van der Waals surface area (Å²) in [4.78, 5) is 23.9. The van der Waals surface area contributed by atoms with Crippen molar-refractivity contribution in [3.8, 4) is 0 Å². The maximum atomic E-state index is 12.0. The van der Waals surface area contributed by atoms with Crippen molar-refractivity contribution in [3.63, 3.8) is 0 Å². The molecule has 0 radical (unpaired) electrons. The van der Waals surface area contributed by atoms with E-state index in [2.05, 4.69) is 0 Å². The van der Waals surface area contributed by atoms with Crippen LogP contribution in [-0.2, 0) is 14.3 Å². The largest absolute Gasteiger partial charge is 0.466 e. The summed E-state index contributed by atoms with van der Waals surface area (Å²) in [6, 6.07) is 9.75. The third-order valence-corrected chi connectivity index (χ3v) is 3.65. The quantitative estimate of drug-likeness (QED) is 0.766. The number of allylic oxidation sites excluding steroid dienone is 1. The Morgan fingerprint density at radius 3 is 2.58 bits per heavy atom. The Kier molecular flexibility index (Phi) is 4.15. The van der Waals surface area contributed by atoms with Gasteiger partial charge in [-0.3, -0.25) is 4.79 Å². The number of ether oxygens (including phenoxy) is 1. The molecule has 1 aromatic carbocycles. The minimum atomic E-state index is -0.388. The fraction of sp³-hybridized carbons (Fsp3) is 0.375. The first-order valence-electron chi connectivity index (χ1n) is 6.52. The Morgan fingerprint density at radius 2 is 1.95 bits per heavy atom. The van der Waals surface area contributed by atoms with E-state index in [1.54, 1.807) is 0 Å². The van der Waals surface area contributed by atoms with E-state index in [0.29, 0.717) is 5.57 Å². The zero-order valence-electron chi connectivity index (χ0n) is 11.3. The Balaban J connectivity index is 2.48. The molecule has 0 aromatic heterocycles. The predicted octanol–water partition coefficient (Wildman–Crippen LogP) is 3.00. The second kappa shape index (κ2) is 5.83. The number of Topliss-reactive ketones (excluding diaryl/α,β-unsaturated/α-hetero) is 1. The van der Waals surface area contributed by atoms with Gasteiger partial charge in [-0.2, -0.15) is 0 Å². The first-order valence-corrected chi connectivity index (χ1v) is 6.52. The van der Waals surface area contributed by atoms with Crippen LogP contribution in [0.5, 0.6) is 0 Å². The SMILES string of the molecule is COC(=O)C1=C(c2ccccc2)CCC(C)C(=O)C1. The number of benzene rings is 1. The minimum absolute atomic E-state index is 0.000804. The van der Waals surface area contributed by atoms with E-state index in [1.807, 2.05) is 37.3 Å². The molecule has 0 heterocycles. The summed E-state index contributed by atoms with van der Waals surface area (Å²) in [5.41, 5.74) is 2.47. The molecular formula is C16H18O3. The van der Waals surface area contributed by atoms with E-state index in [9.17, 15) is 9.59 Å². The molecule has 0 saturated carbocycles.